The van der Waals surface area contributed by atoms with Crippen molar-refractivity contribution in [1.29, 1.82) is 0 Å². The van der Waals surface area contributed by atoms with Gasteiger partial charge in [-0.1, -0.05) is 0 Å². The van der Waals surface area contributed by atoms with Gasteiger partial charge < -0.3 is 35.4 Å². The minimum atomic E-state index is -1.84. The summed E-state index contributed by atoms with van der Waals surface area (Å²) in [7, 11) is 0. The minimum Gasteiger partial charge on any atom is -0.382 e. The Labute approximate surface area is 106 Å². The van der Waals surface area contributed by atoms with Crippen LogP contribution in [0.25, 0.3) is 0 Å². The van der Waals surface area contributed by atoms with Gasteiger partial charge in [0.2, 0.25) is 0 Å². The van der Waals surface area contributed by atoms with Gasteiger partial charge in [-0.2, -0.15) is 0 Å². The second kappa shape index (κ2) is 5.90. The van der Waals surface area contributed by atoms with E-state index in [9.17, 15) is 20.4 Å². The number of ether oxygens (including phenoxy) is 5. The zero-order valence-electron chi connectivity index (χ0n) is 9.34. The molecule has 2 saturated heterocycles. The highest BCUT2D eigenvalue weighted by Gasteiger charge is 2.44. The first-order chi connectivity index (χ1) is 8.88. The summed E-state index contributed by atoms with van der Waals surface area (Å²) in [5.74, 6) is 0. The van der Waals surface area contributed by atoms with Gasteiger partial charge >= 0.3 is 0 Å². The van der Waals surface area contributed by atoms with E-state index >= 15 is 0 Å². The summed E-state index contributed by atoms with van der Waals surface area (Å²) in [4.78, 5) is 0. The van der Waals surface area contributed by atoms with Crippen LogP contribution < -0.4 is 0 Å². The average Bonchev–Trinajstić information content (AvgIpc) is 2.30. The molecule has 0 aromatic heterocycles. The van der Waals surface area contributed by atoms with Crippen LogP contribution in [0.4, 0.5) is 0 Å². The lowest BCUT2D eigenvalue weighted by Crippen LogP contribution is -2.56. The molecule has 0 radical (unpaired) electrons. The van der Waals surface area contributed by atoms with Crippen LogP contribution >= 0.6 is 0 Å². The molecule has 2 fully saturated rings. The van der Waals surface area contributed by atoms with Crippen LogP contribution in [0.5, 0.6) is 0 Å². The van der Waals surface area contributed by atoms with Crippen molar-refractivity contribution in [3.63, 3.8) is 0 Å². The number of aliphatic hydroxyl groups is 6. The van der Waals surface area contributed by atoms with E-state index in [1.165, 1.54) is 0 Å². The molecule has 0 aromatic rings. The number of hydrogen-bond acceptors (Lipinski definition) is 11. The Hall–Kier alpha value is -0.440. The summed E-state index contributed by atoms with van der Waals surface area (Å²) >= 11 is 0. The van der Waals surface area contributed by atoms with Crippen molar-refractivity contribution in [2.24, 2.45) is 0 Å². The van der Waals surface area contributed by atoms with Crippen LogP contribution in [-0.2, 0) is 23.7 Å². The van der Waals surface area contributed by atoms with Crippen LogP contribution in [0, 0.1) is 0 Å². The molecular weight excluding hydrogens is 272 g/mol. The van der Waals surface area contributed by atoms with Crippen LogP contribution in [0.2, 0.25) is 0 Å². The fourth-order valence-corrected chi connectivity index (χ4v) is 1.45. The maximum absolute atomic E-state index is 9.39. The third-order valence-corrected chi connectivity index (χ3v) is 2.43. The molecule has 0 aromatic carbocycles. The van der Waals surface area contributed by atoms with E-state index in [1.54, 1.807) is 0 Å². The Morgan fingerprint density at radius 3 is 1.58 bits per heavy atom. The summed E-state index contributed by atoms with van der Waals surface area (Å²) in [6.45, 7) is -3.54. The maximum atomic E-state index is 9.39. The first kappa shape index (κ1) is 15.0. The molecule has 0 saturated carbocycles. The standard InChI is InChI=1S/C8H14O11/c9-1-3(10)18-8(19-4(1)11)15-2-5(12)16-7(14)17-6(2)13/h1-14H. The van der Waals surface area contributed by atoms with E-state index < -0.39 is 50.3 Å². The number of hydrogen-bond donors (Lipinski definition) is 6. The number of rotatable bonds is 2. The Kier molecular flexibility index (Phi) is 4.65. The molecule has 0 spiro atoms. The molecule has 0 amide bonds. The third kappa shape index (κ3) is 3.36. The second-order valence-electron chi connectivity index (χ2n) is 3.79. The van der Waals surface area contributed by atoms with E-state index in [-0.39, 0.29) is 0 Å². The summed E-state index contributed by atoms with van der Waals surface area (Å²) in [5, 5.41) is 55.2. The van der Waals surface area contributed by atoms with Crippen LogP contribution in [0.15, 0.2) is 0 Å². The highest BCUT2D eigenvalue weighted by Crippen LogP contribution is 2.23. The first-order valence-electron chi connectivity index (χ1n) is 5.24. The third-order valence-electron chi connectivity index (χ3n) is 2.43. The molecule has 6 N–H and O–H groups in total. The minimum absolute atomic E-state index is 1.54. The van der Waals surface area contributed by atoms with Gasteiger partial charge in [-0.25, -0.2) is 0 Å². The first-order valence-corrected chi connectivity index (χ1v) is 5.24. The Morgan fingerprint density at radius 1 is 0.632 bits per heavy atom. The lowest BCUT2D eigenvalue weighted by molar-refractivity contribution is -0.485. The summed E-state index contributed by atoms with van der Waals surface area (Å²) in [6.07, 6.45) is -10.4. The van der Waals surface area contributed by atoms with E-state index in [1.807, 2.05) is 0 Å². The second-order valence-corrected chi connectivity index (χ2v) is 3.79. The molecule has 112 valence electrons. The van der Waals surface area contributed by atoms with Crippen LogP contribution in [0.3, 0.4) is 0 Å². The smallest absolute Gasteiger partial charge is 0.276 e. The van der Waals surface area contributed by atoms with Gasteiger partial charge in [0.1, 0.15) is 0 Å². The Balaban J connectivity index is 1.93. The predicted octanol–water partition coefficient (Wildman–Crippen LogP) is -4.34. The largest absolute Gasteiger partial charge is 0.382 e. The fourth-order valence-electron chi connectivity index (χ4n) is 1.45. The fraction of sp³-hybridized carbons (Fsp3) is 1.00. The summed E-state index contributed by atoms with van der Waals surface area (Å²) in [5.41, 5.74) is 0. The Bertz CT molecular complexity index is 276. The molecule has 19 heavy (non-hydrogen) atoms. The zero-order valence-corrected chi connectivity index (χ0v) is 9.34. The van der Waals surface area contributed by atoms with Crippen LogP contribution in [-0.4, -0.2) is 81.0 Å². The van der Waals surface area contributed by atoms with Crippen molar-refractivity contribution < 1.29 is 54.3 Å². The monoisotopic (exact) mass is 286 g/mol. The maximum Gasteiger partial charge on any atom is 0.276 e. The van der Waals surface area contributed by atoms with E-state index in [0.29, 0.717) is 0 Å². The molecule has 11 nitrogen and oxygen atoms in total. The SMILES string of the molecule is OC1OC(O)C(OC2OC(O)C(O)C(O)O2)C(O)O1. The van der Waals surface area contributed by atoms with Gasteiger partial charge in [0, 0.05) is 0 Å². The highest BCUT2D eigenvalue weighted by molar-refractivity contribution is 4.71. The van der Waals surface area contributed by atoms with Gasteiger partial charge in [0.25, 0.3) is 13.0 Å². The van der Waals surface area contributed by atoms with Gasteiger partial charge in [0.15, 0.2) is 37.4 Å². The van der Waals surface area contributed by atoms with Crippen molar-refractivity contribution in [3.05, 3.63) is 0 Å². The quantitative estimate of drug-likeness (QED) is 0.290. The molecule has 0 aliphatic carbocycles. The molecule has 4 unspecified atom stereocenters. The molecule has 2 heterocycles. The van der Waals surface area contributed by atoms with E-state index in [0.717, 1.165) is 0 Å². The lowest BCUT2D eigenvalue weighted by atomic mass is 10.3. The van der Waals surface area contributed by atoms with Crippen molar-refractivity contribution in [2.45, 2.75) is 50.3 Å². The van der Waals surface area contributed by atoms with Crippen molar-refractivity contribution in [1.82, 2.24) is 0 Å². The molecule has 0 bridgehead atoms. The summed E-state index contributed by atoms with van der Waals surface area (Å²) < 4.78 is 22.9. The lowest BCUT2D eigenvalue weighted by Gasteiger charge is -2.39. The van der Waals surface area contributed by atoms with Gasteiger partial charge in [-0.05, 0) is 0 Å². The van der Waals surface area contributed by atoms with Gasteiger partial charge in [-0.3, -0.25) is 18.9 Å². The molecule has 11 heteroatoms. The van der Waals surface area contributed by atoms with Gasteiger partial charge in [-0.15, -0.1) is 0 Å². The van der Waals surface area contributed by atoms with Crippen molar-refractivity contribution in [2.75, 3.05) is 0 Å². The van der Waals surface area contributed by atoms with Crippen molar-refractivity contribution in [3.8, 4) is 0 Å². The predicted molar refractivity (Wildman–Crippen MR) is 49.0 cm³/mol. The summed E-state index contributed by atoms with van der Waals surface area (Å²) in [6, 6.07) is 0. The molecular formula is C8H14O11. The van der Waals surface area contributed by atoms with E-state index in [2.05, 4.69) is 18.9 Å². The van der Waals surface area contributed by atoms with Crippen molar-refractivity contribution >= 4 is 0 Å². The number of aliphatic hydroxyl groups excluding tert-OH is 6. The molecule has 2 aliphatic rings. The topological polar surface area (TPSA) is 168 Å². The molecule has 4 atom stereocenters. The molecule has 2 rings (SSSR count). The van der Waals surface area contributed by atoms with Gasteiger partial charge in [0.05, 0.1) is 0 Å². The van der Waals surface area contributed by atoms with E-state index in [4.69, 9.17) is 14.9 Å². The average molecular weight is 286 g/mol. The normalized spacial score (nSPS) is 52.1. The zero-order chi connectivity index (χ0) is 14.2. The molecule has 2 aliphatic heterocycles. The highest BCUT2D eigenvalue weighted by atomic mass is 16.9. The van der Waals surface area contributed by atoms with Crippen LogP contribution in [0.1, 0.15) is 0 Å². The Morgan fingerprint density at radius 2 is 1.11 bits per heavy atom.